The van der Waals surface area contributed by atoms with Crippen LogP contribution in [-0.4, -0.2) is 43.2 Å². The van der Waals surface area contributed by atoms with Gasteiger partial charge in [-0.2, -0.15) is 0 Å². The van der Waals surface area contributed by atoms with Crippen LogP contribution in [0.25, 0.3) is 0 Å². The zero-order chi connectivity index (χ0) is 13.7. The normalized spacial score (nSPS) is 14.5. The lowest BCUT2D eigenvalue weighted by atomic mass is 10.1. The van der Waals surface area contributed by atoms with Gasteiger partial charge in [-0.05, 0) is 5.56 Å². The smallest absolute Gasteiger partial charge is 0.410 e. The lowest BCUT2D eigenvalue weighted by Crippen LogP contribution is -2.62. The van der Waals surface area contributed by atoms with Crippen molar-refractivity contribution in [2.75, 3.05) is 20.1 Å². The molecule has 0 spiro atoms. The number of hydrogen-bond donors (Lipinski definition) is 2. The van der Waals surface area contributed by atoms with E-state index < -0.39 is 0 Å². The van der Waals surface area contributed by atoms with Gasteiger partial charge in [-0.15, -0.1) is 0 Å². The van der Waals surface area contributed by atoms with Crippen molar-refractivity contribution in [1.82, 2.24) is 15.5 Å². The highest BCUT2D eigenvalue weighted by Gasteiger charge is 2.32. The number of ether oxygens (including phenoxy) is 1. The van der Waals surface area contributed by atoms with Crippen molar-refractivity contribution in [1.29, 1.82) is 0 Å². The molecule has 0 aromatic heterocycles. The summed E-state index contributed by atoms with van der Waals surface area (Å²) in [7, 11) is 1.56. The van der Waals surface area contributed by atoms with Gasteiger partial charge in [-0.1, -0.05) is 30.3 Å². The van der Waals surface area contributed by atoms with E-state index in [2.05, 4.69) is 10.6 Å². The van der Waals surface area contributed by atoms with Crippen LogP contribution in [0.2, 0.25) is 0 Å². The Labute approximate surface area is 111 Å². The maximum atomic E-state index is 11.7. The Morgan fingerprint density at radius 2 is 2.00 bits per heavy atom. The molecule has 1 aromatic rings. The first-order valence-corrected chi connectivity index (χ1v) is 6.13. The fraction of sp³-hybridized carbons (Fsp3) is 0.385. The first kappa shape index (κ1) is 13.2. The molecule has 0 atom stereocenters. The Bertz CT molecular complexity index is 444. The molecule has 1 heterocycles. The molecule has 2 N–H and O–H groups in total. The summed E-state index contributed by atoms with van der Waals surface area (Å²) >= 11 is 0. The maximum absolute atomic E-state index is 11.7. The Morgan fingerprint density at radius 3 is 2.63 bits per heavy atom. The quantitative estimate of drug-likeness (QED) is 0.852. The molecule has 0 unspecified atom stereocenters. The van der Waals surface area contributed by atoms with Crippen LogP contribution in [0, 0.1) is 0 Å². The summed E-state index contributed by atoms with van der Waals surface area (Å²) in [6, 6.07) is 9.28. The lowest BCUT2D eigenvalue weighted by Gasteiger charge is -2.38. The molecule has 1 saturated heterocycles. The van der Waals surface area contributed by atoms with Gasteiger partial charge in [0.2, 0.25) is 0 Å². The number of nitrogens with one attached hydrogen (secondary N) is 2. The molecular weight excluding hydrogens is 246 g/mol. The van der Waals surface area contributed by atoms with Gasteiger partial charge >= 0.3 is 12.1 Å². The Balaban J connectivity index is 1.68. The third-order valence-electron chi connectivity index (χ3n) is 2.91. The predicted octanol–water partition coefficient (Wildman–Crippen LogP) is 0.936. The molecule has 1 fully saturated rings. The zero-order valence-electron chi connectivity index (χ0n) is 10.8. The molecule has 6 nitrogen and oxygen atoms in total. The van der Waals surface area contributed by atoms with E-state index in [0.29, 0.717) is 13.1 Å². The van der Waals surface area contributed by atoms with Crippen molar-refractivity contribution in [2.45, 2.75) is 12.6 Å². The Hall–Kier alpha value is -2.24. The number of carbonyl (C=O) groups is 2. The third-order valence-corrected chi connectivity index (χ3v) is 2.91. The standard InChI is InChI=1S/C13H17N3O3/c1-14-12(17)15-11-7-16(8-11)13(18)19-9-10-5-3-2-4-6-10/h2-6,11H,7-9H2,1H3,(H2,14,15,17). The van der Waals surface area contributed by atoms with Crippen LogP contribution in [-0.2, 0) is 11.3 Å². The molecule has 0 saturated carbocycles. The van der Waals surface area contributed by atoms with Crippen LogP contribution in [0.3, 0.4) is 0 Å². The van der Waals surface area contributed by atoms with E-state index in [1.807, 2.05) is 30.3 Å². The highest BCUT2D eigenvalue weighted by atomic mass is 16.6. The van der Waals surface area contributed by atoms with E-state index >= 15 is 0 Å². The molecule has 2 rings (SSSR count). The highest BCUT2D eigenvalue weighted by molar-refractivity contribution is 5.75. The van der Waals surface area contributed by atoms with Crippen molar-refractivity contribution >= 4 is 12.1 Å². The van der Waals surface area contributed by atoms with E-state index in [9.17, 15) is 9.59 Å². The molecule has 6 heteroatoms. The summed E-state index contributed by atoms with van der Waals surface area (Å²) in [4.78, 5) is 24.3. The predicted molar refractivity (Wildman–Crippen MR) is 69.6 cm³/mol. The number of benzene rings is 1. The molecule has 0 aliphatic carbocycles. The van der Waals surface area contributed by atoms with Crippen LogP contribution >= 0.6 is 0 Å². The van der Waals surface area contributed by atoms with E-state index in [4.69, 9.17) is 4.74 Å². The number of amides is 3. The fourth-order valence-electron chi connectivity index (χ4n) is 1.79. The van der Waals surface area contributed by atoms with Crippen LogP contribution in [0.1, 0.15) is 5.56 Å². The average molecular weight is 263 g/mol. The zero-order valence-corrected chi connectivity index (χ0v) is 10.8. The summed E-state index contributed by atoms with van der Waals surface area (Å²) in [5.74, 6) is 0. The monoisotopic (exact) mass is 263 g/mol. The number of likely N-dealkylation sites (tertiary alicyclic amines) is 1. The minimum atomic E-state index is -0.348. The summed E-state index contributed by atoms with van der Waals surface area (Å²) in [5, 5.41) is 5.20. The number of hydrogen-bond acceptors (Lipinski definition) is 3. The van der Waals surface area contributed by atoms with Crippen LogP contribution in [0.15, 0.2) is 30.3 Å². The topological polar surface area (TPSA) is 70.7 Å². The van der Waals surface area contributed by atoms with Gasteiger partial charge < -0.3 is 20.3 Å². The van der Waals surface area contributed by atoms with Crippen molar-refractivity contribution in [3.8, 4) is 0 Å². The second kappa shape index (κ2) is 6.08. The Kier molecular flexibility index (Phi) is 4.22. The number of carbonyl (C=O) groups excluding carboxylic acids is 2. The van der Waals surface area contributed by atoms with Gasteiger partial charge in [-0.25, -0.2) is 9.59 Å². The Morgan fingerprint density at radius 1 is 1.32 bits per heavy atom. The van der Waals surface area contributed by atoms with Gasteiger partial charge in [0, 0.05) is 20.1 Å². The van der Waals surface area contributed by atoms with Gasteiger partial charge in [0.05, 0.1) is 6.04 Å². The first-order valence-electron chi connectivity index (χ1n) is 6.13. The van der Waals surface area contributed by atoms with Gasteiger partial charge in [0.1, 0.15) is 6.61 Å². The lowest BCUT2D eigenvalue weighted by molar-refractivity contribution is 0.0621. The van der Waals surface area contributed by atoms with Crippen molar-refractivity contribution in [3.63, 3.8) is 0 Å². The SMILES string of the molecule is CNC(=O)NC1CN(C(=O)OCc2ccccc2)C1. The molecule has 1 aromatic carbocycles. The van der Waals surface area contributed by atoms with Crippen molar-refractivity contribution in [3.05, 3.63) is 35.9 Å². The van der Waals surface area contributed by atoms with Gasteiger partial charge in [-0.3, -0.25) is 0 Å². The van der Waals surface area contributed by atoms with Crippen LogP contribution < -0.4 is 10.6 Å². The third kappa shape index (κ3) is 3.61. The maximum Gasteiger partial charge on any atom is 0.410 e. The molecule has 19 heavy (non-hydrogen) atoms. The minimum absolute atomic E-state index is 0.00391. The van der Waals surface area contributed by atoms with E-state index in [1.165, 1.54) is 0 Å². The molecule has 1 aliphatic rings. The average Bonchev–Trinajstić information content (AvgIpc) is 2.40. The second-order valence-electron chi connectivity index (χ2n) is 4.37. The molecular formula is C13H17N3O3. The van der Waals surface area contributed by atoms with Gasteiger partial charge in [0.25, 0.3) is 0 Å². The number of rotatable bonds is 3. The summed E-state index contributed by atoms with van der Waals surface area (Å²) in [6.07, 6.45) is -0.348. The number of urea groups is 1. The molecule has 102 valence electrons. The van der Waals surface area contributed by atoms with E-state index in [1.54, 1.807) is 11.9 Å². The fourth-order valence-corrected chi connectivity index (χ4v) is 1.79. The van der Waals surface area contributed by atoms with Gasteiger partial charge in [0.15, 0.2) is 0 Å². The molecule has 0 bridgehead atoms. The summed E-state index contributed by atoms with van der Waals surface area (Å²) in [6.45, 7) is 1.24. The van der Waals surface area contributed by atoms with Crippen molar-refractivity contribution in [2.24, 2.45) is 0 Å². The molecule has 3 amide bonds. The van der Waals surface area contributed by atoms with Crippen molar-refractivity contribution < 1.29 is 14.3 Å². The van der Waals surface area contributed by atoms with Crippen LogP contribution in [0.5, 0.6) is 0 Å². The molecule has 0 radical (unpaired) electrons. The largest absolute Gasteiger partial charge is 0.445 e. The summed E-state index contributed by atoms with van der Waals surface area (Å²) < 4.78 is 5.17. The summed E-state index contributed by atoms with van der Waals surface area (Å²) in [5.41, 5.74) is 0.955. The van der Waals surface area contributed by atoms with Crippen LogP contribution in [0.4, 0.5) is 9.59 Å². The number of nitrogens with zero attached hydrogens (tertiary/aromatic N) is 1. The van der Waals surface area contributed by atoms with E-state index in [0.717, 1.165) is 5.56 Å². The molecule has 1 aliphatic heterocycles. The van der Waals surface area contributed by atoms with E-state index in [-0.39, 0.29) is 24.8 Å². The second-order valence-corrected chi connectivity index (χ2v) is 4.37. The first-order chi connectivity index (χ1) is 9.19. The highest BCUT2D eigenvalue weighted by Crippen LogP contribution is 2.11. The minimum Gasteiger partial charge on any atom is -0.445 e.